The van der Waals surface area contributed by atoms with E-state index in [9.17, 15) is 23.6 Å². The molecule has 2 aliphatic heterocycles. The first-order valence-electron chi connectivity index (χ1n) is 7.00. The van der Waals surface area contributed by atoms with Crippen molar-refractivity contribution in [3.63, 3.8) is 0 Å². The summed E-state index contributed by atoms with van der Waals surface area (Å²) in [6, 6.07) is -0.788. The third-order valence-corrected chi connectivity index (χ3v) is 3.41. The fourth-order valence-corrected chi connectivity index (χ4v) is 2.43. The van der Waals surface area contributed by atoms with Crippen molar-refractivity contribution in [2.75, 3.05) is 13.2 Å². The molecule has 128 valence electrons. The van der Waals surface area contributed by atoms with Gasteiger partial charge in [0.25, 0.3) is 0 Å². The number of halogens is 1. The van der Waals surface area contributed by atoms with Gasteiger partial charge in [-0.1, -0.05) is 0 Å². The average Bonchev–Trinajstić information content (AvgIpc) is 2.73. The highest BCUT2D eigenvalue weighted by Crippen LogP contribution is 2.30. The average molecular weight is 332 g/mol. The first-order valence-corrected chi connectivity index (χ1v) is 7.00. The van der Waals surface area contributed by atoms with E-state index in [-0.39, 0.29) is 19.6 Å². The van der Waals surface area contributed by atoms with Crippen molar-refractivity contribution >= 4 is 23.9 Å². The number of carbonyl (C=O) groups excluding carboxylic acids is 4. The number of hydrogen-bond acceptors (Lipinski definition) is 7. The maximum Gasteiger partial charge on any atom is 0.326 e. The molecule has 0 aromatic carbocycles. The number of rotatable bonds is 4. The summed E-state index contributed by atoms with van der Waals surface area (Å²) >= 11 is 0. The van der Waals surface area contributed by atoms with Crippen LogP contribution in [0.3, 0.4) is 0 Å². The van der Waals surface area contributed by atoms with E-state index < -0.39 is 48.5 Å². The Labute approximate surface area is 131 Å². The Morgan fingerprint density at radius 3 is 2.61 bits per heavy atom. The van der Waals surface area contributed by atoms with Gasteiger partial charge < -0.3 is 14.2 Å². The highest BCUT2D eigenvalue weighted by atomic mass is 19.1. The lowest BCUT2D eigenvalue weighted by molar-refractivity contribution is -0.157. The Hall–Kier alpha value is -2.23. The highest BCUT2D eigenvalue weighted by molar-refractivity contribution is 5.96. The van der Waals surface area contributed by atoms with Gasteiger partial charge >= 0.3 is 18.0 Å². The van der Waals surface area contributed by atoms with Gasteiger partial charge in [-0.2, -0.15) is 0 Å². The first-order chi connectivity index (χ1) is 10.8. The van der Waals surface area contributed by atoms with E-state index in [1.807, 2.05) is 0 Å². The van der Waals surface area contributed by atoms with Crippen LogP contribution in [-0.2, 0) is 28.6 Å². The summed E-state index contributed by atoms with van der Waals surface area (Å²) in [6.07, 6.45) is -5.53. The Balaban J connectivity index is 2.11. The molecule has 0 aromatic heterocycles. The van der Waals surface area contributed by atoms with Gasteiger partial charge in [0.15, 0.2) is 18.5 Å². The van der Waals surface area contributed by atoms with Crippen molar-refractivity contribution < 1.29 is 37.8 Å². The van der Waals surface area contributed by atoms with Gasteiger partial charge in [-0.25, -0.2) is 9.18 Å². The molecule has 9 nitrogen and oxygen atoms in total. The lowest BCUT2D eigenvalue weighted by Gasteiger charge is -2.32. The van der Waals surface area contributed by atoms with Crippen molar-refractivity contribution in [1.29, 1.82) is 0 Å². The van der Waals surface area contributed by atoms with Gasteiger partial charge in [0.2, 0.25) is 5.91 Å². The zero-order valence-corrected chi connectivity index (χ0v) is 12.6. The topological polar surface area (TPSA) is 111 Å². The number of esters is 2. The zero-order chi connectivity index (χ0) is 17.1. The largest absolute Gasteiger partial charge is 0.463 e. The summed E-state index contributed by atoms with van der Waals surface area (Å²) < 4.78 is 29.7. The SMILES string of the molecule is CC(=O)OC[C@H]1O[C@@H](N2CCC(=O)NC2=O)[C@H](F)[C@@H]1OC(C)=O. The van der Waals surface area contributed by atoms with Crippen LogP contribution in [0.4, 0.5) is 9.18 Å². The molecule has 0 aliphatic carbocycles. The molecule has 1 N–H and O–H groups in total. The summed E-state index contributed by atoms with van der Waals surface area (Å²) in [5.74, 6) is -1.80. The molecule has 0 radical (unpaired) electrons. The number of carbonyl (C=O) groups is 4. The molecule has 2 saturated heterocycles. The van der Waals surface area contributed by atoms with E-state index in [1.54, 1.807) is 0 Å². The Bertz CT molecular complexity index is 526. The predicted molar refractivity (Wildman–Crippen MR) is 70.6 cm³/mol. The number of nitrogens with one attached hydrogen (secondary N) is 1. The van der Waals surface area contributed by atoms with Crippen LogP contribution in [0.25, 0.3) is 0 Å². The number of alkyl halides is 1. The summed E-state index contributed by atoms with van der Waals surface area (Å²) in [7, 11) is 0. The fraction of sp³-hybridized carbons (Fsp3) is 0.692. The van der Waals surface area contributed by atoms with Crippen LogP contribution in [0.15, 0.2) is 0 Å². The molecule has 0 bridgehead atoms. The molecule has 0 saturated carbocycles. The monoisotopic (exact) mass is 332 g/mol. The lowest BCUT2D eigenvalue weighted by Crippen LogP contribution is -2.56. The van der Waals surface area contributed by atoms with Gasteiger partial charge in [-0.3, -0.25) is 24.6 Å². The minimum atomic E-state index is -1.83. The minimum absolute atomic E-state index is 0.00512. The van der Waals surface area contributed by atoms with Gasteiger partial charge in [-0.15, -0.1) is 0 Å². The smallest absolute Gasteiger partial charge is 0.326 e. The number of amides is 3. The standard InChI is InChI=1S/C13H17FN2O7/c1-6(17)21-5-8-11(22-7(2)18)10(14)12(23-8)16-4-3-9(19)15-13(16)20/h8,10-12H,3-5H2,1-2H3,(H,15,19,20)/t8-,10-,11-,12-/m1/s1. The first kappa shape index (κ1) is 17.1. The molecule has 2 fully saturated rings. The molecular weight excluding hydrogens is 315 g/mol. The Morgan fingerprint density at radius 1 is 1.35 bits per heavy atom. The van der Waals surface area contributed by atoms with Crippen molar-refractivity contribution in [3.05, 3.63) is 0 Å². The highest BCUT2D eigenvalue weighted by Gasteiger charge is 2.52. The molecule has 2 aliphatic rings. The normalized spacial score (nSPS) is 30.8. The summed E-state index contributed by atoms with van der Waals surface area (Å²) in [4.78, 5) is 46.0. The van der Waals surface area contributed by atoms with Gasteiger partial charge in [0, 0.05) is 26.8 Å². The summed E-state index contributed by atoms with van der Waals surface area (Å²) in [5, 5.41) is 2.06. The fourth-order valence-electron chi connectivity index (χ4n) is 2.43. The lowest BCUT2D eigenvalue weighted by atomic mass is 10.1. The molecule has 4 atom stereocenters. The van der Waals surface area contributed by atoms with Gasteiger partial charge in [0.1, 0.15) is 12.7 Å². The second-order valence-corrected chi connectivity index (χ2v) is 5.18. The van der Waals surface area contributed by atoms with Crippen LogP contribution in [0.5, 0.6) is 0 Å². The molecule has 2 heterocycles. The van der Waals surface area contributed by atoms with E-state index in [1.165, 1.54) is 6.92 Å². The second kappa shape index (κ2) is 6.90. The van der Waals surface area contributed by atoms with Crippen molar-refractivity contribution in [2.24, 2.45) is 0 Å². The van der Waals surface area contributed by atoms with E-state index in [4.69, 9.17) is 14.2 Å². The van der Waals surface area contributed by atoms with Crippen LogP contribution in [0, 0.1) is 0 Å². The number of nitrogens with zero attached hydrogens (tertiary/aromatic N) is 1. The third kappa shape index (κ3) is 3.95. The van der Waals surface area contributed by atoms with Crippen molar-refractivity contribution in [1.82, 2.24) is 10.2 Å². The number of urea groups is 1. The number of ether oxygens (including phenoxy) is 3. The second-order valence-electron chi connectivity index (χ2n) is 5.18. The maximum atomic E-state index is 14.6. The Kier molecular flexibility index (Phi) is 5.14. The predicted octanol–water partition coefficient (Wildman–Crippen LogP) is -0.514. The molecular formula is C13H17FN2O7. The molecule has 0 aromatic rings. The molecule has 23 heavy (non-hydrogen) atoms. The minimum Gasteiger partial charge on any atom is -0.463 e. The van der Waals surface area contributed by atoms with Crippen molar-refractivity contribution in [2.45, 2.75) is 44.9 Å². The molecule has 3 amide bonds. The van der Waals surface area contributed by atoms with E-state index in [0.29, 0.717) is 0 Å². The van der Waals surface area contributed by atoms with E-state index >= 15 is 0 Å². The zero-order valence-electron chi connectivity index (χ0n) is 12.6. The number of imide groups is 1. The van der Waals surface area contributed by atoms with Crippen LogP contribution in [0.2, 0.25) is 0 Å². The van der Waals surface area contributed by atoms with E-state index in [0.717, 1.165) is 11.8 Å². The van der Waals surface area contributed by atoms with Crippen LogP contribution in [0.1, 0.15) is 20.3 Å². The van der Waals surface area contributed by atoms with Crippen LogP contribution < -0.4 is 5.32 Å². The molecule has 0 unspecified atom stereocenters. The summed E-state index contributed by atoms with van der Waals surface area (Å²) in [6.45, 7) is 1.93. The third-order valence-electron chi connectivity index (χ3n) is 3.41. The summed E-state index contributed by atoms with van der Waals surface area (Å²) in [5.41, 5.74) is 0. The van der Waals surface area contributed by atoms with Gasteiger partial charge in [0.05, 0.1) is 0 Å². The van der Waals surface area contributed by atoms with Crippen molar-refractivity contribution in [3.8, 4) is 0 Å². The van der Waals surface area contributed by atoms with E-state index in [2.05, 4.69) is 5.32 Å². The molecule has 0 spiro atoms. The maximum absolute atomic E-state index is 14.6. The quantitative estimate of drug-likeness (QED) is 0.690. The van der Waals surface area contributed by atoms with Crippen LogP contribution in [-0.4, -0.2) is 66.5 Å². The van der Waals surface area contributed by atoms with Crippen LogP contribution >= 0.6 is 0 Å². The number of hydrogen-bond donors (Lipinski definition) is 1. The Morgan fingerprint density at radius 2 is 2.04 bits per heavy atom. The molecule has 2 rings (SSSR count). The van der Waals surface area contributed by atoms with Gasteiger partial charge in [-0.05, 0) is 0 Å². The molecule has 10 heteroatoms.